The van der Waals surface area contributed by atoms with Crippen LogP contribution in [0.2, 0.25) is 0 Å². The molecular weight excluding hydrogens is 356 g/mol. The highest BCUT2D eigenvalue weighted by molar-refractivity contribution is 5.98. The first kappa shape index (κ1) is 19.7. The van der Waals surface area contributed by atoms with Crippen molar-refractivity contribution in [2.45, 2.75) is 13.3 Å². The highest BCUT2D eigenvalue weighted by atomic mass is 16.5. The van der Waals surface area contributed by atoms with E-state index in [4.69, 9.17) is 9.47 Å². The van der Waals surface area contributed by atoms with Crippen LogP contribution in [-0.4, -0.2) is 61.5 Å². The molecule has 6 nitrogen and oxygen atoms in total. The van der Waals surface area contributed by atoms with Crippen molar-refractivity contribution in [2.24, 2.45) is 0 Å². The van der Waals surface area contributed by atoms with Gasteiger partial charge in [-0.3, -0.25) is 9.59 Å². The second-order valence-electron chi connectivity index (χ2n) is 6.57. The number of hydrogen-bond donors (Lipinski definition) is 0. The average molecular weight is 382 g/mol. The molecule has 1 aliphatic heterocycles. The van der Waals surface area contributed by atoms with Crippen molar-refractivity contribution in [1.29, 1.82) is 0 Å². The Morgan fingerprint density at radius 2 is 1.32 bits per heavy atom. The van der Waals surface area contributed by atoms with Crippen LogP contribution < -0.4 is 9.47 Å². The van der Waals surface area contributed by atoms with Gasteiger partial charge in [0, 0.05) is 26.2 Å². The maximum atomic E-state index is 13.0. The third kappa shape index (κ3) is 4.27. The van der Waals surface area contributed by atoms with Gasteiger partial charge in [-0.15, -0.1) is 0 Å². The number of para-hydroxylation sites is 2. The first-order valence-electron chi connectivity index (χ1n) is 9.59. The number of rotatable bonds is 5. The molecule has 1 fully saturated rings. The van der Waals surface area contributed by atoms with Gasteiger partial charge in [0.15, 0.2) is 0 Å². The standard InChI is InChI=1S/C22H26N2O4/c1-3-28-20-12-7-5-10-18(20)22(26)24-14-8-13-23(15-16-24)21(25)17-9-4-6-11-19(17)27-2/h4-7,9-12H,3,8,13-16H2,1-2H3. The third-order valence-corrected chi connectivity index (χ3v) is 4.83. The Bertz CT molecular complexity index is 837. The minimum absolute atomic E-state index is 0.0596. The largest absolute Gasteiger partial charge is 0.496 e. The summed E-state index contributed by atoms with van der Waals surface area (Å²) in [6.07, 6.45) is 0.726. The topological polar surface area (TPSA) is 59.1 Å². The zero-order valence-electron chi connectivity index (χ0n) is 16.4. The van der Waals surface area contributed by atoms with E-state index in [0.29, 0.717) is 55.4 Å². The third-order valence-electron chi connectivity index (χ3n) is 4.83. The summed E-state index contributed by atoms with van der Waals surface area (Å²) in [7, 11) is 1.56. The molecule has 0 radical (unpaired) electrons. The molecule has 2 amide bonds. The summed E-state index contributed by atoms with van der Waals surface area (Å²) in [5.41, 5.74) is 1.11. The molecule has 0 spiro atoms. The first-order valence-corrected chi connectivity index (χ1v) is 9.59. The van der Waals surface area contributed by atoms with Gasteiger partial charge in [-0.05, 0) is 37.6 Å². The van der Waals surface area contributed by atoms with Crippen LogP contribution >= 0.6 is 0 Å². The molecule has 2 aromatic carbocycles. The molecule has 1 saturated heterocycles. The van der Waals surface area contributed by atoms with E-state index in [1.807, 2.05) is 37.3 Å². The van der Waals surface area contributed by atoms with Crippen LogP contribution in [0.25, 0.3) is 0 Å². The fourth-order valence-electron chi connectivity index (χ4n) is 3.41. The Kier molecular flexibility index (Phi) is 6.53. The number of hydrogen-bond acceptors (Lipinski definition) is 4. The van der Waals surface area contributed by atoms with Gasteiger partial charge in [0.1, 0.15) is 11.5 Å². The van der Waals surface area contributed by atoms with Crippen LogP contribution in [0.3, 0.4) is 0 Å². The number of carbonyl (C=O) groups is 2. The smallest absolute Gasteiger partial charge is 0.257 e. The highest BCUT2D eigenvalue weighted by Gasteiger charge is 2.26. The Labute approximate surface area is 165 Å². The summed E-state index contributed by atoms with van der Waals surface area (Å²) in [5, 5.41) is 0. The molecule has 0 atom stereocenters. The van der Waals surface area contributed by atoms with Gasteiger partial charge < -0.3 is 19.3 Å². The minimum atomic E-state index is -0.0681. The number of methoxy groups -OCH3 is 1. The van der Waals surface area contributed by atoms with E-state index in [-0.39, 0.29) is 11.8 Å². The number of amides is 2. The van der Waals surface area contributed by atoms with E-state index in [9.17, 15) is 9.59 Å². The molecule has 1 aliphatic rings. The van der Waals surface area contributed by atoms with Crippen LogP contribution in [0.5, 0.6) is 11.5 Å². The summed E-state index contributed by atoms with van der Waals surface area (Å²) < 4.78 is 10.9. The van der Waals surface area contributed by atoms with Gasteiger partial charge in [0.25, 0.3) is 11.8 Å². The predicted molar refractivity (Wildman–Crippen MR) is 107 cm³/mol. The van der Waals surface area contributed by atoms with Crippen molar-refractivity contribution >= 4 is 11.8 Å². The molecule has 0 bridgehead atoms. The fraction of sp³-hybridized carbons (Fsp3) is 0.364. The second-order valence-corrected chi connectivity index (χ2v) is 6.57. The lowest BCUT2D eigenvalue weighted by Crippen LogP contribution is -2.37. The van der Waals surface area contributed by atoms with Gasteiger partial charge in [-0.2, -0.15) is 0 Å². The number of carbonyl (C=O) groups excluding carboxylic acids is 2. The van der Waals surface area contributed by atoms with Crippen molar-refractivity contribution in [2.75, 3.05) is 39.9 Å². The number of ether oxygens (including phenoxy) is 2. The van der Waals surface area contributed by atoms with Crippen LogP contribution in [-0.2, 0) is 0 Å². The van der Waals surface area contributed by atoms with Crippen molar-refractivity contribution in [1.82, 2.24) is 9.80 Å². The van der Waals surface area contributed by atoms with Crippen molar-refractivity contribution in [3.63, 3.8) is 0 Å². The van der Waals surface area contributed by atoms with E-state index in [0.717, 1.165) is 6.42 Å². The van der Waals surface area contributed by atoms with Crippen LogP contribution in [0.1, 0.15) is 34.1 Å². The molecule has 2 aromatic rings. The van der Waals surface area contributed by atoms with Gasteiger partial charge >= 0.3 is 0 Å². The van der Waals surface area contributed by atoms with Gasteiger partial charge in [0.2, 0.25) is 0 Å². The lowest BCUT2D eigenvalue weighted by Gasteiger charge is -2.23. The van der Waals surface area contributed by atoms with E-state index in [1.165, 1.54) is 0 Å². The predicted octanol–water partition coefficient (Wildman–Crippen LogP) is 3.08. The van der Waals surface area contributed by atoms with Crippen molar-refractivity contribution < 1.29 is 19.1 Å². The van der Waals surface area contributed by atoms with Gasteiger partial charge in [0.05, 0.1) is 24.8 Å². The molecule has 1 heterocycles. The normalized spacial score (nSPS) is 14.4. The van der Waals surface area contributed by atoms with E-state index in [2.05, 4.69) is 0 Å². The minimum Gasteiger partial charge on any atom is -0.496 e. The van der Waals surface area contributed by atoms with Crippen molar-refractivity contribution in [3.05, 3.63) is 59.7 Å². The first-order chi connectivity index (χ1) is 13.7. The molecule has 28 heavy (non-hydrogen) atoms. The van der Waals surface area contributed by atoms with E-state index >= 15 is 0 Å². The summed E-state index contributed by atoms with van der Waals surface area (Å²) in [6, 6.07) is 14.5. The second kappa shape index (κ2) is 9.26. The van der Waals surface area contributed by atoms with Gasteiger partial charge in [-0.25, -0.2) is 0 Å². The quantitative estimate of drug-likeness (QED) is 0.797. The molecule has 0 unspecified atom stereocenters. The maximum absolute atomic E-state index is 13.0. The van der Waals surface area contributed by atoms with Crippen LogP contribution in [0, 0.1) is 0 Å². The lowest BCUT2D eigenvalue weighted by molar-refractivity contribution is 0.0714. The Morgan fingerprint density at radius 1 is 0.821 bits per heavy atom. The summed E-state index contributed by atoms with van der Waals surface area (Å²) in [4.78, 5) is 29.5. The van der Waals surface area contributed by atoms with Crippen molar-refractivity contribution in [3.8, 4) is 11.5 Å². The average Bonchev–Trinajstić information content (AvgIpc) is 2.99. The number of nitrogens with zero attached hydrogens (tertiary/aromatic N) is 2. The Morgan fingerprint density at radius 3 is 1.86 bits per heavy atom. The maximum Gasteiger partial charge on any atom is 0.257 e. The fourth-order valence-corrected chi connectivity index (χ4v) is 3.41. The molecule has 148 valence electrons. The zero-order valence-corrected chi connectivity index (χ0v) is 16.4. The molecule has 0 N–H and O–H groups in total. The lowest BCUT2D eigenvalue weighted by atomic mass is 10.1. The molecule has 3 rings (SSSR count). The van der Waals surface area contributed by atoms with Crippen LogP contribution in [0.15, 0.2) is 48.5 Å². The summed E-state index contributed by atoms with van der Waals surface area (Å²) in [6.45, 7) is 4.59. The molecule has 0 aliphatic carbocycles. The molecule has 0 saturated carbocycles. The van der Waals surface area contributed by atoms with Crippen LogP contribution in [0.4, 0.5) is 0 Å². The Balaban J connectivity index is 1.71. The van der Waals surface area contributed by atoms with E-state index < -0.39 is 0 Å². The highest BCUT2D eigenvalue weighted by Crippen LogP contribution is 2.22. The van der Waals surface area contributed by atoms with E-state index in [1.54, 1.807) is 35.1 Å². The zero-order chi connectivity index (χ0) is 19.9. The SMILES string of the molecule is CCOc1ccccc1C(=O)N1CCCN(C(=O)c2ccccc2OC)CC1. The molecular formula is C22H26N2O4. The summed E-state index contributed by atoms with van der Waals surface area (Å²) in [5.74, 6) is 1.04. The molecule has 6 heteroatoms. The Hall–Kier alpha value is -3.02. The monoisotopic (exact) mass is 382 g/mol. The summed E-state index contributed by atoms with van der Waals surface area (Å²) >= 11 is 0. The number of benzene rings is 2. The van der Waals surface area contributed by atoms with Gasteiger partial charge in [-0.1, -0.05) is 24.3 Å². The molecule has 0 aromatic heterocycles.